The summed E-state index contributed by atoms with van der Waals surface area (Å²) in [5.74, 6) is 4.14. The minimum atomic E-state index is -3.61. The van der Waals surface area contributed by atoms with E-state index in [9.17, 15) is 13.2 Å². The smallest absolute Gasteiger partial charge is 0.206 e. The fraction of sp³-hybridized carbons (Fsp3) is 0.0513. The van der Waals surface area contributed by atoms with Crippen molar-refractivity contribution in [3.8, 4) is 40.2 Å². The third-order valence-corrected chi connectivity index (χ3v) is 9.07. The highest BCUT2D eigenvalue weighted by molar-refractivity contribution is 7.91. The van der Waals surface area contributed by atoms with Crippen molar-refractivity contribution in [1.82, 2.24) is 0 Å². The van der Waals surface area contributed by atoms with Crippen LogP contribution in [0.4, 0.5) is 0 Å². The number of rotatable bonds is 11. The summed E-state index contributed by atoms with van der Waals surface area (Å²) in [6, 6.07) is 41.3. The van der Waals surface area contributed by atoms with Crippen molar-refractivity contribution in [3.05, 3.63) is 162 Å². The predicted molar refractivity (Wildman–Crippen MR) is 179 cm³/mol. The average molecular weight is 643 g/mol. The number of carbonyl (C=O) groups excluding carboxylic acids is 1. The SMILES string of the molecule is COc1ccc(Oc2ccc(C(=O)c3ccc(Oc4ccc(Oc5ccc(S(=O)(=O)c6ccc(C)cc6)cc5)cc4)cc3)cc2)cc1. The molecule has 234 valence electrons. The van der Waals surface area contributed by atoms with E-state index in [0.717, 1.165) is 11.3 Å². The van der Waals surface area contributed by atoms with Crippen molar-refractivity contribution in [2.24, 2.45) is 0 Å². The molecular formula is C39H30O7S. The van der Waals surface area contributed by atoms with E-state index in [1.807, 2.05) is 31.2 Å². The minimum absolute atomic E-state index is 0.116. The zero-order valence-corrected chi connectivity index (χ0v) is 26.4. The summed E-state index contributed by atoms with van der Waals surface area (Å²) in [4.78, 5) is 13.5. The van der Waals surface area contributed by atoms with Gasteiger partial charge in [-0.2, -0.15) is 0 Å². The molecule has 0 bridgehead atoms. The number of aryl methyl sites for hydroxylation is 1. The lowest BCUT2D eigenvalue weighted by atomic mass is 10.0. The second kappa shape index (κ2) is 13.6. The van der Waals surface area contributed by atoms with Gasteiger partial charge in [0.1, 0.15) is 40.2 Å². The molecule has 0 N–H and O–H groups in total. The van der Waals surface area contributed by atoms with Gasteiger partial charge < -0.3 is 18.9 Å². The summed E-state index contributed by atoms with van der Waals surface area (Å²) in [6.07, 6.45) is 0. The van der Waals surface area contributed by atoms with E-state index in [1.165, 1.54) is 12.1 Å². The van der Waals surface area contributed by atoms with Crippen molar-refractivity contribution < 1.29 is 32.2 Å². The molecule has 0 fully saturated rings. The molecule has 6 aromatic rings. The molecule has 0 radical (unpaired) electrons. The molecule has 0 aliphatic heterocycles. The Hall–Kier alpha value is -5.86. The zero-order chi connectivity index (χ0) is 32.8. The number of ether oxygens (including phenoxy) is 4. The fourth-order valence-corrected chi connectivity index (χ4v) is 5.94. The molecule has 0 aliphatic carbocycles. The third-order valence-electron chi connectivity index (χ3n) is 7.29. The number of sulfone groups is 1. The van der Waals surface area contributed by atoms with Gasteiger partial charge in [0.25, 0.3) is 0 Å². The predicted octanol–water partition coefficient (Wildman–Crippen LogP) is 9.44. The number of benzene rings is 6. The molecule has 0 atom stereocenters. The Morgan fingerprint density at radius 1 is 0.426 bits per heavy atom. The molecule has 7 nitrogen and oxygen atoms in total. The Labute approximate surface area is 273 Å². The Morgan fingerprint density at radius 3 is 1.04 bits per heavy atom. The fourth-order valence-electron chi connectivity index (χ4n) is 4.68. The van der Waals surface area contributed by atoms with Gasteiger partial charge in [-0.15, -0.1) is 0 Å². The van der Waals surface area contributed by atoms with E-state index in [-0.39, 0.29) is 15.6 Å². The Bertz CT molecular complexity index is 2070. The van der Waals surface area contributed by atoms with E-state index >= 15 is 0 Å². The van der Waals surface area contributed by atoms with Crippen molar-refractivity contribution in [2.75, 3.05) is 7.11 Å². The molecule has 0 aromatic heterocycles. The lowest BCUT2D eigenvalue weighted by Crippen LogP contribution is -2.01. The minimum Gasteiger partial charge on any atom is -0.497 e. The molecule has 0 saturated heterocycles. The summed E-state index contributed by atoms with van der Waals surface area (Å²) in [6.45, 7) is 1.91. The second-order valence-corrected chi connectivity index (χ2v) is 12.6. The van der Waals surface area contributed by atoms with Gasteiger partial charge in [-0.3, -0.25) is 4.79 Å². The molecule has 0 heterocycles. The maximum Gasteiger partial charge on any atom is 0.206 e. The molecule has 47 heavy (non-hydrogen) atoms. The molecule has 0 saturated carbocycles. The quantitative estimate of drug-likeness (QED) is 0.130. The van der Waals surface area contributed by atoms with Crippen LogP contribution >= 0.6 is 0 Å². The first kappa shape index (κ1) is 31.1. The van der Waals surface area contributed by atoms with E-state index in [2.05, 4.69) is 0 Å². The first-order valence-electron chi connectivity index (χ1n) is 14.7. The summed E-state index contributed by atoms with van der Waals surface area (Å²) in [7, 11) is -2.01. The molecule has 6 rings (SSSR count). The van der Waals surface area contributed by atoms with Crippen LogP contribution in [0.1, 0.15) is 21.5 Å². The first-order chi connectivity index (χ1) is 22.8. The van der Waals surface area contributed by atoms with Gasteiger partial charge in [-0.05, 0) is 140 Å². The highest BCUT2D eigenvalue weighted by Crippen LogP contribution is 2.30. The second-order valence-electron chi connectivity index (χ2n) is 10.6. The van der Waals surface area contributed by atoms with Gasteiger partial charge in [-0.1, -0.05) is 17.7 Å². The molecular weight excluding hydrogens is 612 g/mol. The van der Waals surface area contributed by atoms with Gasteiger partial charge >= 0.3 is 0 Å². The van der Waals surface area contributed by atoms with Crippen molar-refractivity contribution in [2.45, 2.75) is 16.7 Å². The Morgan fingerprint density at radius 2 is 0.702 bits per heavy atom. The van der Waals surface area contributed by atoms with Crippen molar-refractivity contribution in [3.63, 3.8) is 0 Å². The lowest BCUT2D eigenvalue weighted by molar-refractivity contribution is 0.103. The largest absolute Gasteiger partial charge is 0.497 e. The summed E-state index contributed by atoms with van der Waals surface area (Å²) < 4.78 is 48.7. The summed E-state index contributed by atoms with van der Waals surface area (Å²) in [5.41, 5.74) is 2.06. The van der Waals surface area contributed by atoms with E-state index < -0.39 is 9.84 Å². The Kier molecular flexibility index (Phi) is 9.04. The van der Waals surface area contributed by atoms with Crippen molar-refractivity contribution >= 4 is 15.6 Å². The van der Waals surface area contributed by atoms with Crippen LogP contribution in [0.5, 0.6) is 40.2 Å². The monoisotopic (exact) mass is 642 g/mol. The number of ketones is 1. The molecule has 0 unspecified atom stereocenters. The van der Waals surface area contributed by atoms with E-state index in [4.69, 9.17) is 18.9 Å². The zero-order valence-electron chi connectivity index (χ0n) is 25.6. The van der Waals surface area contributed by atoms with Crippen LogP contribution in [0.3, 0.4) is 0 Å². The molecule has 0 amide bonds. The normalized spacial score (nSPS) is 11.0. The Balaban J connectivity index is 1.03. The number of carbonyl (C=O) groups is 1. The molecule has 0 aliphatic rings. The molecule has 8 heteroatoms. The van der Waals surface area contributed by atoms with Crippen LogP contribution in [0.2, 0.25) is 0 Å². The maximum atomic E-state index is 13.0. The lowest BCUT2D eigenvalue weighted by Gasteiger charge is -2.10. The summed E-state index contributed by atoms with van der Waals surface area (Å²) >= 11 is 0. The van der Waals surface area contributed by atoms with Gasteiger partial charge in [0, 0.05) is 11.1 Å². The van der Waals surface area contributed by atoms with Gasteiger partial charge in [-0.25, -0.2) is 8.42 Å². The van der Waals surface area contributed by atoms with Crippen LogP contribution in [0.15, 0.2) is 155 Å². The van der Waals surface area contributed by atoms with Gasteiger partial charge in [0.15, 0.2) is 5.78 Å². The van der Waals surface area contributed by atoms with E-state index in [0.29, 0.717) is 45.6 Å². The molecule has 6 aromatic carbocycles. The average Bonchev–Trinajstić information content (AvgIpc) is 3.10. The van der Waals surface area contributed by atoms with Gasteiger partial charge in [0.2, 0.25) is 9.84 Å². The topological polar surface area (TPSA) is 88.1 Å². The van der Waals surface area contributed by atoms with Crippen LogP contribution in [0.25, 0.3) is 0 Å². The van der Waals surface area contributed by atoms with Crippen LogP contribution in [-0.2, 0) is 9.84 Å². The standard InChI is InChI=1S/C39H30O7S/c1-27-3-23-37(24-4-27)47(41,42)38-25-21-36(22-26-38)46-35-19-17-34(18-20-35)45-32-11-7-29(8-12-32)39(40)28-5-9-31(10-6-28)44-33-15-13-30(43-2)14-16-33/h3-26H,1-2H3. The third kappa shape index (κ3) is 7.52. The number of methoxy groups -OCH3 is 1. The van der Waals surface area contributed by atoms with Crippen molar-refractivity contribution in [1.29, 1.82) is 0 Å². The number of hydrogen-bond donors (Lipinski definition) is 0. The highest BCUT2D eigenvalue weighted by Gasteiger charge is 2.17. The van der Waals surface area contributed by atoms with Crippen LogP contribution in [0, 0.1) is 6.92 Å². The van der Waals surface area contributed by atoms with E-state index in [1.54, 1.807) is 116 Å². The maximum absolute atomic E-state index is 13.0. The van der Waals surface area contributed by atoms with Crippen LogP contribution in [-0.4, -0.2) is 21.3 Å². The highest BCUT2D eigenvalue weighted by atomic mass is 32.2. The van der Waals surface area contributed by atoms with Crippen LogP contribution < -0.4 is 18.9 Å². The van der Waals surface area contributed by atoms with Gasteiger partial charge in [0.05, 0.1) is 16.9 Å². The number of hydrogen-bond acceptors (Lipinski definition) is 7. The summed E-state index contributed by atoms with van der Waals surface area (Å²) in [5, 5.41) is 0. The first-order valence-corrected chi connectivity index (χ1v) is 16.2. The molecule has 0 spiro atoms.